The Bertz CT molecular complexity index is 3870. The van der Waals surface area contributed by atoms with Crippen molar-refractivity contribution in [3.05, 3.63) is 182 Å². The molecule has 0 fully saturated rings. The summed E-state index contributed by atoms with van der Waals surface area (Å²) in [6.07, 6.45) is 0. The van der Waals surface area contributed by atoms with Crippen molar-refractivity contribution in [1.29, 1.82) is 0 Å². The zero-order chi connectivity index (χ0) is 38.6. The Kier molecular flexibility index (Phi) is 6.63. The van der Waals surface area contributed by atoms with Crippen LogP contribution < -0.4 is 0 Å². The summed E-state index contributed by atoms with van der Waals surface area (Å²) in [5, 5.41) is 11.0. The van der Waals surface area contributed by atoms with E-state index < -0.39 is 0 Å². The molecule has 0 aliphatic heterocycles. The molecule has 0 unspecified atom stereocenters. The standard InChI is InChI=1S/C53H30N4O2/c1-2-13-32-28-35(25-24-31(32)12-1)51-54-52(56-53(55-51)41-20-11-19-38-37-17-6-9-22-46(37)58-49(38)41)40-26-27-44(50-48(40)39-18-7-10-23-47(39)59-50)57-43-21-8-5-16-36(43)42-29-33-14-3-4-15-34(33)30-45(42)57/h1-30H. The highest BCUT2D eigenvalue weighted by atomic mass is 16.3. The largest absolute Gasteiger partial charge is 0.455 e. The van der Waals surface area contributed by atoms with Gasteiger partial charge in [0.05, 0.1) is 22.3 Å². The fourth-order valence-corrected chi connectivity index (χ4v) is 9.09. The van der Waals surface area contributed by atoms with Crippen molar-refractivity contribution in [2.75, 3.05) is 0 Å². The van der Waals surface area contributed by atoms with Gasteiger partial charge in [-0.25, -0.2) is 15.0 Å². The summed E-state index contributed by atoms with van der Waals surface area (Å²) in [5.41, 5.74) is 8.81. The number of nitrogens with zero attached hydrogens (tertiary/aromatic N) is 4. The molecule has 274 valence electrons. The Hall–Kier alpha value is -8.09. The minimum Gasteiger partial charge on any atom is -0.455 e. The maximum absolute atomic E-state index is 6.92. The van der Waals surface area contributed by atoms with Crippen molar-refractivity contribution in [1.82, 2.24) is 19.5 Å². The van der Waals surface area contributed by atoms with Gasteiger partial charge in [-0.2, -0.15) is 0 Å². The van der Waals surface area contributed by atoms with E-state index in [1.807, 2.05) is 42.5 Å². The summed E-state index contributed by atoms with van der Waals surface area (Å²) in [7, 11) is 0. The molecule has 0 amide bonds. The zero-order valence-corrected chi connectivity index (χ0v) is 31.4. The Morgan fingerprint density at radius 1 is 0.356 bits per heavy atom. The Balaban J connectivity index is 1.11. The van der Waals surface area contributed by atoms with Gasteiger partial charge in [-0.05, 0) is 76.1 Å². The lowest BCUT2D eigenvalue weighted by atomic mass is 10.0. The quantitative estimate of drug-likeness (QED) is 0.179. The molecule has 0 saturated carbocycles. The van der Waals surface area contributed by atoms with E-state index in [1.54, 1.807) is 0 Å². The van der Waals surface area contributed by atoms with Gasteiger partial charge in [-0.15, -0.1) is 0 Å². The van der Waals surface area contributed by atoms with Crippen LogP contribution in [0.5, 0.6) is 0 Å². The fourth-order valence-electron chi connectivity index (χ4n) is 9.09. The molecule has 6 heteroatoms. The molecule has 13 aromatic rings. The van der Waals surface area contributed by atoms with Gasteiger partial charge in [0.1, 0.15) is 16.7 Å². The van der Waals surface area contributed by atoms with E-state index in [0.717, 1.165) is 88.1 Å². The second-order valence-electron chi connectivity index (χ2n) is 15.2. The lowest BCUT2D eigenvalue weighted by Gasteiger charge is -2.13. The first kappa shape index (κ1) is 32.0. The lowest BCUT2D eigenvalue weighted by molar-refractivity contribution is 0.666. The normalized spacial score (nSPS) is 12.1. The second kappa shape index (κ2) is 12.2. The molecule has 0 aliphatic rings. The average molecular weight is 755 g/mol. The molecule has 4 aromatic heterocycles. The molecule has 59 heavy (non-hydrogen) atoms. The smallest absolute Gasteiger partial charge is 0.167 e. The number of fused-ring (bicyclic) bond motifs is 11. The van der Waals surface area contributed by atoms with Crippen LogP contribution in [0.25, 0.3) is 127 Å². The summed E-state index contributed by atoms with van der Waals surface area (Å²) >= 11 is 0. The first-order valence-corrected chi connectivity index (χ1v) is 19.8. The van der Waals surface area contributed by atoms with Gasteiger partial charge >= 0.3 is 0 Å². The fraction of sp³-hybridized carbons (Fsp3) is 0. The van der Waals surface area contributed by atoms with Crippen molar-refractivity contribution >= 4 is 87.2 Å². The number of rotatable bonds is 4. The summed E-state index contributed by atoms with van der Waals surface area (Å²) in [6.45, 7) is 0. The Morgan fingerprint density at radius 2 is 0.966 bits per heavy atom. The molecule has 13 rings (SSSR count). The molecule has 0 aliphatic carbocycles. The minimum atomic E-state index is 0.530. The zero-order valence-electron chi connectivity index (χ0n) is 31.4. The van der Waals surface area contributed by atoms with Crippen LogP contribution in [0.15, 0.2) is 191 Å². The van der Waals surface area contributed by atoms with E-state index in [-0.39, 0.29) is 0 Å². The highest BCUT2D eigenvalue weighted by molar-refractivity contribution is 6.18. The number of hydrogen-bond acceptors (Lipinski definition) is 5. The van der Waals surface area contributed by atoms with Crippen LogP contribution in [-0.2, 0) is 0 Å². The summed E-state index contributed by atoms with van der Waals surface area (Å²) in [6, 6.07) is 63.3. The van der Waals surface area contributed by atoms with Gasteiger partial charge < -0.3 is 13.4 Å². The highest BCUT2D eigenvalue weighted by Crippen LogP contribution is 2.43. The highest BCUT2D eigenvalue weighted by Gasteiger charge is 2.24. The number of para-hydroxylation sites is 4. The van der Waals surface area contributed by atoms with E-state index in [1.165, 1.54) is 21.5 Å². The molecule has 9 aromatic carbocycles. The Labute approximate surface area is 336 Å². The monoisotopic (exact) mass is 754 g/mol. The van der Waals surface area contributed by atoms with Crippen molar-refractivity contribution in [3.8, 4) is 39.9 Å². The van der Waals surface area contributed by atoms with Crippen molar-refractivity contribution in [2.24, 2.45) is 0 Å². The molecule has 0 bridgehead atoms. The van der Waals surface area contributed by atoms with Crippen molar-refractivity contribution in [2.45, 2.75) is 0 Å². The van der Waals surface area contributed by atoms with Crippen molar-refractivity contribution < 1.29 is 8.83 Å². The second-order valence-corrected chi connectivity index (χ2v) is 15.2. The molecule has 0 spiro atoms. The lowest BCUT2D eigenvalue weighted by Crippen LogP contribution is -2.01. The molecular weight excluding hydrogens is 725 g/mol. The number of benzene rings is 9. The third-order valence-corrected chi connectivity index (χ3v) is 11.8. The third-order valence-electron chi connectivity index (χ3n) is 11.8. The predicted octanol–water partition coefficient (Wildman–Crippen LogP) is 14.1. The molecule has 6 nitrogen and oxygen atoms in total. The van der Waals surface area contributed by atoms with Crippen LogP contribution in [0.4, 0.5) is 0 Å². The number of aromatic nitrogens is 4. The maximum atomic E-state index is 6.92. The van der Waals surface area contributed by atoms with Crippen LogP contribution in [-0.4, -0.2) is 19.5 Å². The molecule has 4 heterocycles. The van der Waals surface area contributed by atoms with Gasteiger partial charge in [0.15, 0.2) is 23.1 Å². The maximum Gasteiger partial charge on any atom is 0.167 e. The van der Waals surface area contributed by atoms with Gasteiger partial charge in [-0.1, -0.05) is 127 Å². The van der Waals surface area contributed by atoms with Crippen LogP contribution in [0, 0.1) is 0 Å². The van der Waals surface area contributed by atoms with Crippen LogP contribution in [0.2, 0.25) is 0 Å². The Morgan fingerprint density at radius 3 is 1.80 bits per heavy atom. The van der Waals surface area contributed by atoms with E-state index in [4.69, 9.17) is 23.8 Å². The van der Waals surface area contributed by atoms with E-state index >= 15 is 0 Å². The third kappa shape index (κ3) is 4.77. The van der Waals surface area contributed by atoms with Gasteiger partial charge in [0, 0.05) is 43.4 Å². The van der Waals surface area contributed by atoms with Gasteiger partial charge in [0.25, 0.3) is 0 Å². The summed E-state index contributed by atoms with van der Waals surface area (Å²) in [4.78, 5) is 15.8. The minimum absolute atomic E-state index is 0.530. The van der Waals surface area contributed by atoms with Crippen LogP contribution in [0.3, 0.4) is 0 Å². The van der Waals surface area contributed by atoms with E-state index in [0.29, 0.717) is 17.5 Å². The van der Waals surface area contributed by atoms with Crippen LogP contribution in [0.1, 0.15) is 0 Å². The van der Waals surface area contributed by atoms with Crippen LogP contribution >= 0.6 is 0 Å². The number of furan rings is 2. The van der Waals surface area contributed by atoms with Gasteiger partial charge in [0.2, 0.25) is 0 Å². The predicted molar refractivity (Wildman–Crippen MR) is 240 cm³/mol. The summed E-state index contributed by atoms with van der Waals surface area (Å²) in [5.74, 6) is 1.65. The van der Waals surface area contributed by atoms with E-state index in [2.05, 4.69) is 144 Å². The van der Waals surface area contributed by atoms with E-state index in [9.17, 15) is 0 Å². The molecule has 0 atom stereocenters. The molecule has 0 saturated heterocycles. The summed E-state index contributed by atoms with van der Waals surface area (Å²) < 4.78 is 15.8. The topological polar surface area (TPSA) is 69.9 Å². The molecule has 0 N–H and O–H groups in total. The molecule has 0 radical (unpaired) electrons. The van der Waals surface area contributed by atoms with Crippen molar-refractivity contribution in [3.63, 3.8) is 0 Å². The molecular formula is C53H30N4O2. The van der Waals surface area contributed by atoms with Gasteiger partial charge in [-0.3, -0.25) is 0 Å². The number of hydrogen-bond donors (Lipinski definition) is 0. The first-order valence-electron chi connectivity index (χ1n) is 19.8. The first-order chi connectivity index (χ1) is 29.2. The SMILES string of the molecule is c1ccc2cc(-c3nc(-c4cccc5c4oc4ccccc45)nc(-c4ccc(-n5c6ccccc6c6cc7ccccc7cc65)c5oc6ccccc6c45)n3)ccc2c1. The average Bonchev–Trinajstić information content (AvgIpc) is 3.98.